The standard InChI is InChI=1S/C11H12N4/c1-11(2,3)15-10-6-8(7-12)4-5-9(10)13-14-15/h4-6H,1-3H3. The van der Waals surface area contributed by atoms with E-state index >= 15 is 0 Å². The molecule has 76 valence electrons. The summed E-state index contributed by atoms with van der Waals surface area (Å²) in [5.41, 5.74) is 2.24. The van der Waals surface area contributed by atoms with Crippen LogP contribution < -0.4 is 0 Å². The molecule has 0 atom stereocenters. The number of benzene rings is 1. The molecule has 0 saturated carbocycles. The van der Waals surface area contributed by atoms with Gasteiger partial charge in [0.15, 0.2) is 0 Å². The number of hydrogen-bond acceptors (Lipinski definition) is 3. The lowest BCUT2D eigenvalue weighted by molar-refractivity contribution is 0.358. The summed E-state index contributed by atoms with van der Waals surface area (Å²) in [4.78, 5) is 0. The van der Waals surface area contributed by atoms with Gasteiger partial charge < -0.3 is 0 Å². The van der Waals surface area contributed by atoms with Crippen molar-refractivity contribution in [2.75, 3.05) is 0 Å². The Labute approximate surface area is 88.1 Å². The molecule has 0 spiro atoms. The molecule has 0 unspecified atom stereocenters. The zero-order valence-electron chi connectivity index (χ0n) is 9.02. The Hall–Kier alpha value is -1.89. The van der Waals surface area contributed by atoms with Crippen LogP contribution in [0.25, 0.3) is 11.0 Å². The van der Waals surface area contributed by atoms with Crippen LogP contribution in [0, 0.1) is 11.3 Å². The largest absolute Gasteiger partial charge is 0.239 e. The number of nitriles is 1. The molecule has 0 amide bonds. The normalized spacial score (nSPS) is 11.6. The Balaban J connectivity index is 2.73. The molecule has 0 fully saturated rings. The lowest BCUT2D eigenvalue weighted by Crippen LogP contribution is -2.23. The molecule has 0 aliphatic carbocycles. The van der Waals surface area contributed by atoms with Crippen LogP contribution in [-0.4, -0.2) is 15.0 Å². The van der Waals surface area contributed by atoms with E-state index in [1.165, 1.54) is 0 Å². The second kappa shape index (κ2) is 3.06. The highest BCUT2D eigenvalue weighted by Gasteiger charge is 2.17. The Morgan fingerprint density at radius 2 is 2.07 bits per heavy atom. The van der Waals surface area contributed by atoms with E-state index in [4.69, 9.17) is 5.26 Å². The molecule has 4 heteroatoms. The third-order valence-corrected chi connectivity index (χ3v) is 2.21. The third-order valence-electron chi connectivity index (χ3n) is 2.21. The van der Waals surface area contributed by atoms with E-state index in [0.29, 0.717) is 5.56 Å². The first-order chi connectivity index (χ1) is 7.02. The van der Waals surface area contributed by atoms with E-state index in [1.807, 2.05) is 16.8 Å². The van der Waals surface area contributed by atoms with E-state index in [1.54, 1.807) is 6.07 Å². The molecule has 1 heterocycles. The highest BCUT2D eigenvalue weighted by molar-refractivity contribution is 5.76. The van der Waals surface area contributed by atoms with Gasteiger partial charge in [0.05, 0.1) is 22.7 Å². The van der Waals surface area contributed by atoms with Crippen LogP contribution in [0.3, 0.4) is 0 Å². The second-order valence-corrected chi connectivity index (χ2v) is 4.49. The fourth-order valence-electron chi connectivity index (χ4n) is 1.48. The molecule has 1 aromatic heterocycles. The number of fused-ring (bicyclic) bond motifs is 1. The van der Waals surface area contributed by atoms with Crippen molar-refractivity contribution in [3.05, 3.63) is 23.8 Å². The van der Waals surface area contributed by atoms with Crippen molar-refractivity contribution >= 4 is 11.0 Å². The molecule has 0 aliphatic rings. The Bertz CT molecular complexity index is 540. The molecule has 0 saturated heterocycles. The smallest absolute Gasteiger partial charge is 0.113 e. The van der Waals surface area contributed by atoms with Crippen LogP contribution in [-0.2, 0) is 5.54 Å². The molecule has 0 bridgehead atoms. The molecule has 0 N–H and O–H groups in total. The Morgan fingerprint density at radius 1 is 1.33 bits per heavy atom. The van der Waals surface area contributed by atoms with Crippen molar-refractivity contribution in [1.82, 2.24) is 15.0 Å². The predicted molar refractivity (Wildman–Crippen MR) is 57.2 cm³/mol. The van der Waals surface area contributed by atoms with E-state index in [0.717, 1.165) is 11.0 Å². The van der Waals surface area contributed by atoms with Gasteiger partial charge in [-0.2, -0.15) is 5.26 Å². The lowest BCUT2D eigenvalue weighted by Gasteiger charge is -2.19. The van der Waals surface area contributed by atoms with Crippen molar-refractivity contribution in [3.8, 4) is 6.07 Å². The van der Waals surface area contributed by atoms with E-state index in [9.17, 15) is 0 Å². The lowest BCUT2D eigenvalue weighted by atomic mass is 10.1. The minimum Gasteiger partial charge on any atom is -0.239 e. The van der Waals surface area contributed by atoms with Crippen molar-refractivity contribution in [3.63, 3.8) is 0 Å². The summed E-state index contributed by atoms with van der Waals surface area (Å²) < 4.78 is 1.84. The summed E-state index contributed by atoms with van der Waals surface area (Å²) in [6.07, 6.45) is 0. The van der Waals surface area contributed by atoms with Crippen molar-refractivity contribution in [1.29, 1.82) is 5.26 Å². The van der Waals surface area contributed by atoms with Gasteiger partial charge in [0, 0.05) is 0 Å². The zero-order valence-corrected chi connectivity index (χ0v) is 9.02. The maximum Gasteiger partial charge on any atom is 0.113 e. The molecule has 0 radical (unpaired) electrons. The number of nitrogens with zero attached hydrogens (tertiary/aromatic N) is 4. The minimum atomic E-state index is -0.122. The van der Waals surface area contributed by atoms with Gasteiger partial charge in [-0.05, 0) is 39.0 Å². The van der Waals surface area contributed by atoms with Gasteiger partial charge in [-0.1, -0.05) is 5.21 Å². The summed E-state index contributed by atoms with van der Waals surface area (Å²) in [6.45, 7) is 6.17. The van der Waals surface area contributed by atoms with Gasteiger partial charge in [0.1, 0.15) is 5.52 Å². The summed E-state index contributed by atoms with van der Waals surface area (Å²) >= 11 is 0. The maximum atomic E-state index is 8.83. The van der Waals surface area contributed by atoms with Gasteiger partial charge in [-0.15, -0.1) is 5.10 Å². The average Bonchev–Trinajstić information content (AvgIpc) is 2.59. The molecule has 0 aliphatic heterocycles. The zero-order chi connectivity index (χ0) is 11.1. The SMILES string of the molecule is CC(C)(C)n1nnc2ccc(C#N)cc21. The maximum absolute atomic E-state index is 8.83. The summed E-state index contributed by atoms with van der Waals surface area (Å²) in [5, 5.41) is 17.0. The van der Waals surface area contributed by atoms with Gasteiger partial charge in [-0.25, -0.2) is 4.68 Å². The number of rotatable bonds is 0. The first-order valence-corrected chi connectivity index (χ1v) is 4.78. The van der Waals surface area contributed by atoms with Crippen LogP contribution in [0.2, 0.25) is 0 Å². The van der Waals surface area contributed by atoms with Crippen LogP contribution in [0.1, 0.15) is 26.3 Å². The quantitative estimate of drug-likeness (QED) is 0.654. The van der Waals surface area contributed by atoms with Crippen molar-refractivity contribution in [2.45, 2.75) is 26.3 Å². The first kappa shape index (κ1) is 9.66. The highest BCUT2D eigenvalue weighted by atomic mass is 15.4. The second-order valence-electron chi connectivity index (χ2n) is 4.49. The molecule has 2 aromatic rings. The molecular formula is C11H12N4. The van der Waals surface area contributed by atoms with Crippen LogP contribution in [0.4, 0.5) is 0 Å². The molecular weight excluding hydrogens is 188 g/mol. The molecule has 1 aromatic carbocycles. The predicted octanol–water partition coefficient (Wildman–Crippen LogP) is 2.06. The Kier molecular flexibility index (Phi) is 1.97. The summed E-state index contributed by atoms with van der Waals surface area (Å²) in [5.74, 6) is 0. The van der Waals surface area contributed by atoms with Gasteiger partial charge >= 0.3 is 0 Å². The van der Waals surface area contributed by atoms with Gasteiger partial charge in [-0.3, -0.25) is 0 Å². The van der Waals surface area contributed by atoms with Crippen molar-refractivity contribution < 1.29 is 0 Å². The molecule has 4 nitrogen and oxygen atoms in total. The Morgan fingerprint density at radius 3 is 2.67 bits per heavy atom. The first-order valence-electron chi connectivity index (χ1n) is 4.78. The van der Waals surface area contributed by atoms with Crippen LogP contribution in [0.15, 0.2) is 18.2 Å². The number of hydrogen-bond donors (Lipinski definition) is 0. The summed E-state index contributed by atoms with van der Waals surface area (Å²) in [7, 11) is 0. The van der Waals surface area contributed by atoms with Crippen LogP contribution >= 0.6 is 0 Å². The highest BCUT2D eigenvalue weighted by Crippen LogP contribution is 2.20. The minimum absolute atomic E-state index is 0.122. The topological polar surface area (TPSA) is 54.5 Å². The monoisotopic (exact) mass is 200 g/mol. The van der Waals surface area contributed by atoms with E-state index in [-0.39, 0.29) is 5.54 Å². The van der Waals surface area contributed by atoms with E-state index < -0.39 is 0 Å². The van der Waals surface area contributed by atoms with Gasteiger partial charge in [0.2, 0.25) is 0 Å². The third kappa shape index (κ3) is 1.57. The van der Waals surface area contributed by atoms with Crippen LogP contribution in [0.5, 0.6) is 0 Å². The van der Waals surface area contributed by atoms with Gasteiger partial charge in [0.25, 0.3) is 0 Å². The fraction of sp³-hybridized carbons (Fsp3) is 0.364. The van der Waals surface area contributed by atoms with Crippen molar-refractivity contribution in [2.24, 2.45) is 0 Å². The molecule has 2 rings (SSSR count). The average molecular weight is 200 g/mol. The summed E-state index contributed by atoms with van der Waals surface area (Å²) in [6, 6.07) is 7.52. The number of aromatic nitrogens is 3. The molecule has 15 heavy (non-hydrogen) atoms. The fourth-order valence-corrected chi connectivity index (χ4v) is 1.48. The van der Waals surface area contributed by atoms with E-state index in [2.05, 4.69) is 37.2 Å².